The first-order valence-corrected chi connectivity index (χ1v) is 10.1. The molecule has 0 radical (unpaired) electrons. The van der Waals surface area contributed by atoms with Crippen LogP contribution in [0.2, 0.25) is 18.1 Å². The van der Waals surface area contributed by atoms with E-state index in [1.807, 2.05) is 24.3 Å². The van der Waals surface area contributed by atoms with Crippen LogP contribution in [0.3, 0.4) is 0 Å². The number of carbonyl (C=O) groups is 1. The second-order valence-corrected chi connectivity index (χ2v) is 11.2. The van der Waals surface area contributed by atoms with E-state index in [0.29, 0.717) is 10.9 Å². The predicted molar refractivity (Wildman–Crippen MR) is 82.4 cm³/mol. The summed E-state index contributed by atoms with van der Waals surface area (Å²) in [5, 5.41) is 0.499. The molecule has 0 unspecified atom stereocenters. The number of carbonyl (C=O) groups excluding carboxylic acids is 1. The van der Waals surface area contributed by atoms with Crippen LogP contribution in [0, 0.1) is 0 Å². The molecule has 0 amide bonds. The van der Waals surface area contributed by atoms with Crippen molar-refractivity contribution in [3.05, 3.63) is 29.8 Å². The molecule has 0 saturated carbocycles. The lowest BCUT2D eigenvalue weighted by molar-refractivity contribution is 0.102. The maximum absolute atomic E-state index is 11.6. The average molecular weight is 329 g/mol. The zero-order valence-corrected chi connectivity index (χ0v) is 14.3. The Labute approximate surface area is 119 Å². The SMILES string of the molecule is CC(C)(C)[Si](C)(C)Oc1cccc(C(=O)CBr)c1. The predicted octanol–water partition coefficient (Wildman–Crippen LogP) is 4.65. The zero-order valence-electron chi connectivity index (χ0n) is 11.7. The van der Waals surface area contributed by atoms with Gasteiger partial charge in [0.25, 0.3) is 0 Å². The van der Waals surface area contributed by atoms with Crippen molar-refractivity contribution in [1.82, 2.24) is 0 Å². The third-order valence-corrected chi connectivity index (χ3v) is 8.32. The van der Waals surface area contributed by atoms with E-state index in [-0.39, 0.29) is 10.8 Å². The molecule has 1 aromatic carbocycles. The molecule has 0 heterocycles. The molecule has 0 aliphatic heterocycles. The molecule has 4 heteroatoms. The van der Waals surface area contributed by atoms with Crippen molar-refractivity contribution in [2.24, 2.45) is 0 Å². The fourth-order valence-corrected chi connectivity index (χ4v) is 2.60. The van der Waals surface area contributed by atoms with Crippen LogP contribution in [0.25, 0.3) is 0 Å². The van der Waals surface area contributed by atoms with E-state index < -0.39 is 8.32 Å². The molecular weight excluding hydrogens is 308 g/mol. The van der Waals surface area contributed by atoms with E-state index in [1.165, 1.54) is 0 Å². The Morgan fingerprint density at radius 1 is 1.33 bits per heavy atom. The minimum Gasteiger partial charge on any atom is -0.543 e. The Morgan fingerprint density at radius 3 is 2.44 bits per heavy atom. The zero-order chi connectivity index (χ0) is 14.0. The summed E-state index contributed by atoms with van der Waals surface area (Å²) in [6.45, 7) is 11.0. The summed E-state index contributed by atoms with van der Waals surface area (Å²) < 4.78 is 6.17. The molecule has 18 heavy (non-hydrogen) atoms. The van der Waals surface area contributed by atoms with Crippen molar-refractivity contribution < 1.29 is 9.22 Å². The van der Waals surface area contributed by atoms with Crippen LogP contribution in [0.4, 0.5) is 0 Å². The maximum Gasteiger partial charge on any atom is 0.250 e. The van der Waals surface area contributed by atoms with Crippen molar-refractivity contribution in [3.8, 4) is 5.75 Å². The first-order valence-electron chi connectivity index (χ1n) is 6.05. The monoisotopic (exact) mass is 328 g/mol. The Balaban J connectivity index is 2.96. The highest BCUT2D eigenvalue weighted by Gasteiger charge is 2.38. The molecule has 0 fully saturated rings. The van der Waals surface area contributed by atoms with Gasteiger partial charge >= 0.3 is 0 Å². The molecule has 0 aliphatic rings. The van der Waals surface area contributed by atoms with Crippen LogP contribution in [-0.2, 0) is 0 Å². The quantitative estimate of drug-likeness (QED) is 0.457. The van der Waals surface area contributed by atoms with Crippen molar-refractivity contribution >= 4 is 30.0 Å². The van der Waals surface area contributed by atoms with Crippen molar-refractivity contribution in [1.29, 1.82) is 0 Å². The summed E-state index contributed by atoms with van der Waals surface area (Å²) in [5.74, 6) is 0.879. The van der Waals surface area contributed by atoms with Gasteiger partial charge in [-0.25, -0.2) is 0 Å². The molecule has 0 aliphatic carbocycles. The van der Waals surface area contributed by atoms with Gasteiger partial charge in [0.05, 0.1) is 5.33 Å². The summed E-state index contributed by atoms with van der Waals surface area (Å²) in [4.78, 5) is 11.6. The fourth-order valence-electron chi connectivity index (χ4n) is 1.26. The second-order valence-electron chi connectivity index (χ2n) is 5.95. The molecule has 100 valence electrons. The van der Waals surface area contributed by atoms with E-state index in [9.17, 15) is 4.79 Å². The number of Topliss-reactive ketones (excluding diaryl/α,β-unsaturated/α-hetero) is 1. The molecule has 2 nitrogen and oxygen atoms in total. The lowest BCUT2D eigenvalue weighted by Crippen LogP contribution is -2.43. The molecule has 0 aromatic heterocycles. The van der Waals surface area contributed by atoms with Crippen LogP contribution < -0.4 is 4.43 Å². The van der Waals surface area contributed by atoms with Gasteiger partial charge in [-0.15, -0.1) is 0 Å². The summed E-state index contributed by atoms with van der Waals surface area (Å²) in [7, 11) is -1.84. The Kier molecular flexibility index (Phi) is 4.78. The highest BCUT2D eigenvalue weighted by atomic mass is 79.9. The summed E-state index contributed by atoms with van der Waals surface area (Å²) in [6.07, 6.45) is 0. The number of benzene rings is 1. The van der Waals surface area contributed by atoms with Gasteiger partial charge in [0, 0.05) is 5.56 Å². The molecule has 0 saturated heterocycles. The smallest absolute Gasteiger partial charge is 0.250 e. The van der Waals surface area contributed by atoms with Crippen molar-refractivity contribution in [2.45, 2.75) is 38.9 Å². The Hall–Kier alpha value is -0.613. The fraction of sp³-hybridized carbons (Fsp3) is 0.500. The first kappa shape index (κ1) is 15.4. The van der Waals surface area contributed by atoms with Gasteiger partial charge in [-0.05, 0) is 30.3 Å². The molecule has 0 N–H and O–H groups in total. The van der Waals surface area contributed by atoms with E-state index in [0.717, 1.165) is 5.75 Å². The number of hydrogen-bond acceptors (Lipinski definition) is 2. The number of hydrogen-bond donors (Lipinski definition) is 0. The Morgan fingerprint density at radius 2 is 1.94 bits per heavy atom. The van der Waals surface area contributed by atoms with E-state index in [2.05, 4.69) is 49.8 Å². The highest BCUT2D eigenvalue weighted by Crippen LogP contribution is 2.37. The second kappa shape index (κ2) is 5.57. The molecule has 1 rings (SSSR count). The van der Waals surface area contributed by atoms with E-state index in [4.69, 9.17) is 4.43 Å². The normalized spacial score (nSPS) is 12.3. The maximum atomic E-state index is 11.6. The van der Waals surface area contributed by atoms with Crippen LogP contribution in [0.15, 0.2) is 24.3 Å². The van der Waals surface area contributed by atoms with E-state index >= 15 is 0 Å². The van der Waals surface area contributed by atoms with Crippen LogP contribution >= 0.6 is 15.9 Å². The van der Waals surface area contributed by atoms with Gasteiger partial charge in [-0.2, -0.15) is 0 Å². The van der Waals surface area contributed by atoms with Crippen LogP contribution in [0.5, 0.6) is 5.75 Å². The lowest BCUT2D eigenvalue weighted by Gasteiger charge is -2.36. The topological polar surface area (TPSA) is 26.3 Å². The highest BCUT2D eigenvalue weighted by molar-refractivity contribution is 9.09. The van der Waals surface area contributed by atoms with Crippen LogP contribution in [0.1, 0.15) is 31.1 Å². The largest absolute Gasteiger partial charge is 0.543 e. The number of rotatable bonds is 4. The molecule has 1 aromatic rings. The van der Waals surface area contributed by atoms with Gasteiger partial charge in [0.15, 0.2) is 5.78 Å². The third kappa shape index (κ3) is 3.69. The number of alkyl halides is 1. The first-order chi connectivity index (χ1) is 8.17. The summed E-state index contributed by atoms with van der Waals surface area (Å²) in [6, 6.07) is 7.45. The minimum absolute atomic E-state index is 0.0793. The Bertz CT molecular complexity index is 436. The van der Waals surface area contributed by atoms with Gasteiger partial charge < -0.3 is 4.43 Å². The summed E-state index contributed by atoms with van der Waals surface area (Å²) in [5.41, 5.74) is 0.697. The minimum atomic E-state index is -1.84. The molecule has 0 spiro atoms. The van der Waals surface area contributed by atoms with Gasteiger partial charge in [-0.1, -0.05) is 48.8 Å². The van der Waals surface area contributed by atoms with Crippen LogP contribution in [-0.4, -0.2) is 19.4 Å². The van der Waals surface area contributed by atoms with Gasteiger partial charge in [0.1, 0.15) is 5.75 Å². The van der Waals surface area contributed by atoms with Gasteiger partial charge in [0.2, 0.25) is 8.32 Å². The van der Waals surface area contributed by atoms with Crippen molar-refractivity contribution in [2.75, 3.05) is 5.33 Å². The molecular formula is C14H21BrO2Si. The molecule has 0 bridgehead atoms. The van der Waals surface area contributed by atoms with Crippen molar-refractivity contribution in [3.63, 3.8) is 0 Å². The summed E-state index contributed by atoms with van der Waals surface area (Å²) >= 11 is 3.19. The standard InChI is InChI=1S/C14H21BrO2Si/c1-14(2,3)18(4,5)17-12-8-6-7-11(9-12)13(16)10-15/h6-9H,10H2,1-5H3. The average Bonchev–Trinajstić information content (AvgIpc) is 2.26. The lowest BCUT2D eigenvalue weighted by atomic mass is 10.1. The third-order valence-electron chi connectivity index (χ3n) is 3.46. The van der Waals surface area contributed by atoms with E-state index in [1.54, 1.807) is 0 Å². The molecule has 0 atom stereocenters. The number of ketones is 1. The number of halogens is 1. The van der Waals surface area contributed by atoms with Gasteiger partial charge in [-0.3, -0.25) is 4.79 Å².